The van der Waals surface area contributed by atoms with Gasteiger partial charge in [0.15, 0.2) is 0 Å². The van der Waals surface area contributed by atoms with E-state index in [0.29, 0.717) is 19.0 Å². The zero-order valence-electron chi connectivity index (χ0n) is 11.7. The van der Waals surface area contributed by atoms with Gasteiger partial charge in [0.05, 0.1) is 5.92 Å². The molecule has 1 heterocycles. The van der Waals surface area contributed by atoms with Crippen molar-refractivity contribution in [3.05, 3.63) is 0 Å². The van der Waals surface area contributed by atoms with E-state index in [1.165, 1.54) is 0 Å². The Hall–Kier alpha value is -1.26. The van der Waals surface area contributed by atoms with Gasteiger partial charge in [0.1, 0.15) is 0 Å². The van der Waals surface area contributed by atoms with Crippen LogP contribution in [0, 0.1) is 17.8 Å². The second-order valence-electron chi connectivity index (χ2n) is 5.71. The lowest BCUT2D eigenvalue weighted by molar-refractivity contribution is -0.142. The number of rotatable bonds is 4. The van der Waals surface area contributed by atoms with Crippen molar-refractivity contribution >= 4 is 12.0 Å². The Kier molecular flexibility index (Phi) is 4.99. The number of hydrogen-bond acceptors (Lipinski definition) is 2. The van der Waals surface area contributed by atoms with Crippen molar-refractivity contribution in [3.63, 3.8) is 0 Å². The summed E-state index contributed by atoms with van der Waals surface area (Å²) in [5.41, 5.74) is 0. The van der Waals surface area contributed by atoms with E-state index in [2.05, 4.69) is 13.8 Å². The average molecular weight is 256 g/mol. The van der Waals surface area contributed by atoms with Crippen LogP contribution < -0.4 is 0 Å². The molecule has 0 radical (unpaired) electrons. The van der Waals surface area contributed by atoms with Gasteiger partial charge >= 0.3 is 12.0 Å². The molecule has 1 aliphatic heterocycles. The van der Waals surface area contributed by atoms with Crippen LogP contribution in [0.1, 0.15) is 27.2 Å². The maximum Gasteiger partial charge on any atom is 0.319 e. The molecule has 104 valence electrons. The number of amides is 2. The fraction of sp³-hybridized carbons (Fsp3) is 0.846. The highest BCUT2D eigenvalue weighted by Gasteiger charge is 2.37. The van der Waals surface area contributed by atoms with Gasteiger partial charge in [-0.15, -0.1) is 0 Å². The highest BCUT2D eigenvalue weighted by molar-refractivity contribution is 5.77. The lowest BCUT2D eigenvalue weighted by Gasteiger charge is -2.25. The minimum absolute atomic E-state index is 0.0324. The topological polar surface area (TPSA) is 60.9 Å². The second-order valence-corrected chi connectivity index (χ2v) is 5.71. The van der Waals surface area contributed by atoms with Crippen molar-refractivity contribution in [1.82, 2.24) is 9.80 Å². The summed E-state index contributed by atoms with van der Waals surface area (Å²) in [6.07, 6.45) is 0.966. The van der Waals surface area contributed by atoms with E-state index >= 15 is 0 Å². The molecule has 2 atom stereocenters. The molecule has 0 spiro atoms. The van der Waals surface area contributed by atoms with Crippen LogP contribution in [-0.2, 0) is 4.79 Å². The van der Waals surface area contributed by atoms with Crippen molar-refractivity contribution in [2.45, 2.75) is 27.2 Å². The molecule has 0 aromatic rings. The molecule has 1 fully saturated rings. The largest absolute Gasteiger partial charge is 0.481 e. The summed E-state index contributed by atoms with van der Waals surface area (Å²) >= 11 is 0. The lowest BCUT2D eigenvalue weighted by Crippen LogP contribution is -2.41. The third-order valence-corrected chi connectivity index (χ3v) is 3.57. The Morgan fingerprint density at radius 3 is 2.44 bits per heavy atom. The van der Waals surface area contributed by atoms with Gasteiger partial charge in [-0.1, -0.05) is 20.8 Å². The first-order valence-corrected chi connectivity index (χ1v) is 6.55. The summed E-state index contributed by atoms with van der Waals surface area (Å²) in [7, 11) is 1.78. The minimum atomic E-state index is -0.803. The predicted octanol–water partition coefficient (Wildman–Crippen LogP) is 1.74. The van der Waals surface area contributed by atoms with Crippen molar-refractivity contribution in [2.75, 3.05) is 26.7 Å². The second kappa shape index (κ2) is 6.07. The molecule has 5 heteroatoms. The molecule has 0 bridgehead atoms. The smallest absolute Gasteiger partial charge is 0.319 e. The number of nitrogens with zero attached hydrogens (tertiary/aromatic N) is 2. The van der Waals surface area contributed by atoms with Crippen LogP contribution in [0.4, 0.5) is 4.79 Å². The van der Waals surface area contributed by atoms with Crippen LogP contribution in [0.3, 0.4) is 0 Å². The van der Waals surface area contributed by atoms with Crippen LogP contribution in [0.15, 0.2) is 0 Å². The zero-order chi connectivity index (χ0) is 13.9. The molecule has 5 nitrogen and oxygen atoms in total. The third kappa shape index (κ3) is 3.62. The standard InChI is InChI=1S/C13H24N2O3/c1-9(2)5-6-14(4)13(18)15-7-10(3)11(8-15)12(16)17/h9-11H,5-8H2,1-4H3,(H,16,17). The quantitative estimate of drug-likeness (QED) is 0.833. The third-order valence-electron chi connectivity index (χ3n) is 3.57. The summed E-state index contributed by atoms with van der Waals surface area (Å²) in [4.78, 5) is 26.5. The van der Waals surface area contributed by atoms with E-state index < -0.39 is 11.9 Å². The van der Waals surface area contributed by atoms with Gasteiger partial charge in [0, 0.05) is 26.7 Å². The summed E-state index contributed by atoms with van der Waals surface area (Å²) in [6.45, 7) is 7.73. The number of carbonyl (C=O) groups excluding carboxylic acids is 1. The number of hydrogen-bond donors (Lipinski definition) is 1. The maximum absolute atomic E-state index is 12.1. The monoisotopic (exact) mass is 256 g/mol. The zero-order valence-corrected chi connectivity index (χ0v) is 11.7. The van der Waals surface area contributed by atoms with Crippen LogP contribution in [0.2, 0.25) is 0 Å². The van der Waals surface area contributed by atoms with Crippen LogP contribution >= 0.6 is 0 Å². The normalized spacial score (nSPS) is 23.5. The van der Waals surface area contributed by atoms with Crippen LogP contribution in [-0.4, -0.2) is 53.6 Å². The van der Waals surface area contributed by atoms with E-state index in [-0.39, 0.29) is 11.9 Å². The SMILES string of the molecule is CC(C)CCN(C)C(=O)N1CC(C)C(C(=O)O)C1. The molecule has 0 aromatic heterocycles. The molecule has 0 saturated carbocycles. The highest BCUT2D eigenvalue weighted by atomic mass is 16.4. The maximum atomic E-state index is 12.1. The molecular formula is C13H24N2O3. The van der Waals surface area contributed by atoms with E-state index in [1.807, 2.05) is 6.92 Å². The molecule has 0 aromatic carbocycles. The molecule has 1 rings (SSSR count). The van der Waals surface area contributed by atoms with Gasteiger partial charge in [0.2, 0.25) is 0 Å². The van der Waals surface area contributed by atoms with Gasteiger partial charge < -0.3 is 14.9 Å². The molecule has 0 aliphatic carbocycles. The Labute approximate surface area is 109 Å². The number of carboxylic acid groups (broad SMARTS) is 1. The van der Waals surface area contributed by atoms with E-state index in [0.717, 1.165) is 13.0 Å². The number of carboxylic acids is 1. The number of carbonyl (C=O) groups is 2. The number of aliphatic carboxylic acids is 1. The van der Waals surface area contributed by atoms with Crippen molar-refractivity contribution in [3.8, 4) is 0 Å². The lowest BCUT2D eigenvalue weighted by atomic mass is 9.99. The summed E-state index contributed by atoms with van der Waals surface area (Å²) < 4.78 is 0. The molecule has 2 unspecified atom stereocenters. The van der Waals surface area contributed by atoms with Gasteiger partial charge in [0.25, 0.3) is 0 Å². The van der Waals surface area contributed by atoms with Gasteiger partial charge in [-0.3, -0.25) is 4.79 Å². The van der Waals surface area contributed by atoms with E-state index in [1.54, 1.807) is 16.8 Å². The van der Waals surface area contributed by atoms with Crippen molar-refractivity contribution in [2.24, 2.45) is 17.8 Å². The van der Waals surface area contributed by atoms with Crippen molar-refractivity contribution < 1.29 is 14.7 Å². The Morgan fingerprint density at radius 1 is 1.39 bits per heavy atom. The number of likely N-dealkylation sites (tertiary alicyclic amines) is 1. The Balaban J connectivity index is 2.50. The Bertz CT molecular complexity index is 317. The minimum Gasteiger partial charge on any atom is -0.481 e. The highest BCUT2D eigenvalue weighted by Crippen LogP contribution is 2.24. The fourth-order valence-corrected chi connectivity index (χ4v) is 2.23. The van der Waals surface area contributed by atoms with Crippen molar-refractivity contribution in [1.29, 1.82) is 0 Å². The number of urea groups is 1. The first-order valence-electron chi connectivity index (χ1n) is 6.55. The molecule has 18 heavy (non-hydrogen) atoms. The Morgan fingerprint density at radius 2 is 2.00 bits per heavy atom. The fourth-order valence-electron chi connectivity index (χ4n) is 2.23. The van der Waals surface area contributed by atoms with E-state index in [9.17, 15) is 9.59 Å². The summed E-state index contributed by atoms with van der Waals surface area (Å²) in [5.74, 6) is -0.635. The first kappa shape index (κ1) is 14.8. The van der Waals surface area contributed by atoms with E-state index in [4.69, 9.17) is 5.11 Å². The summed E-state index contributed by atoms with van der Waals surface area (Å²) in [5, 5.41) is 9.05. The molecule has 1 saturated heterocycles. The molecular weight excluding hydrogens is 232 g/mol. The van der Waals surface area contributed by atoms with Gasteiger partial charge in [-0.05, 0) is 18.3 Å². The van der Waals surface area contributed by atoms with Crippen LogP contribution in [0.5, 0.6) is 0 Å². The molecule has 1 aliphatic rings. The first-order chi connectivity index (χ1) is 8.32. The predicted molar refractivity (Wildman–Crippen MR) is 69.3 cm³/mol. The molecule has 1 N–H and O–H groups in total. The van der Waals surface area contributed by atoms with Crippen LogP contribution in [0.25, 0.3) is 0 Å². The van der Waals surface area contributed by atoms with Gasteiger partial charge in [-0.25, -0.2) is 4.79 Å². The summed E-state index contributed by atoms with van der Waals surface area (Å²) in [6, 6.07) is -0.0498. The van der Waals surface area contributed by atoms with Gasteiger partial charge in [-0.2, -0.15) is 0 Å². The average Bonchev–Trinajstić information content (AvgIpc) is 2.67. The molecule has 2 amide bonds.